The van der Waals surface area contributed by atoms with E-state index in [2.05, 4.69) is 0 Å². The highest BCUT2D eigenvalue weighted by Gasteiger charge is 1.91. The Kier molecular flexibility index (Phi) is 3.47. The van der Waals surface area contributed by atoms with Crippen molar-refractivity contribution in [1.82, 2.24) is 0 Å². The molecule has 0 spiro atoms. The Morgan fingerprint density at radius 3 is 2.46 bits per heavy atom. The van der Waals surface area contributed by atoms with Crippen molar-refractivity contribution in [3.63, 3.8) is 0 Å². The molecule has 0 aliphatic heterocycles. The van der Waals surface area contributed by atoms with Crippen LogP contribution in [-0.2, 0) is 4.79 Å². The van der Waals surface area contributed by atoms with Crippen LogP contribution in [0.1, 0.15) is 12.5 Å². The molecule has 2 nitrogen and oxygen atoms in total. The van der Waals surface area contributed by atoms with Gasteiger partial charge in [-0.1, -0.05) is 35.8 Å². The minimum atomic E-state index is 0.0336. The monoisotopic (exact) mass is 174 g/mol. The lowest BCUT2D eigenvalue weighted by Crippen LogP contribution is -2.11. The molecule has 0 aliphatic rings. The second kappa shape index (κ2) is 4.62. The molecule has 13 heavy (non-hydrogen) atoms. The van der Waals surface area contributed by atoms with Crippen molar-refractivity contribution in [3.05, 3.63) is 35.9 Å². The summed E-state index contributed by atoms with van der Waals surface area (Å²) in [5, 5.41) is 8.77. The Morgan fingerprint density at radius 1 is 1.38 bits per heavy atom. The van der Waals surface area contributed by atoms with Crippen LogP contribution in [0.25, 0.3) is 6.08 Å². The fourth-order valence-electron chi connectivity index (χ4n) is 0.948. The van der Waals surface area contributed by atoms with Gasteiger partial charge in [-0.15, -0.1) is 0 Å². The molecule has 1 rings (SSSR count). The lowest BCUT2D eigenvalue weighted by Gasteiger charge is -1.94. The van der Waals surface area contributed by atoms with Crippen molar-refractivity contribution in [3.8, 4) is 0 Å². The number of benzene rings is 1. The molecule has 1 aromatic rings. The SMILES string of the molecule is CC(=O)/C=C/c1ccc(BO)cc1. The van der Waals surface area contributed by atoms with E-state index in [9.17, 15) is 4.79 Å². The molecule has 0 radical (unpaired) electrons. The number of hydrogen-bond donors (Lipinski definition) is 1. The van der Waals surface area contributed by atoms with E-state index in [-0.39, 0.29) is 13.3 Å². The maximum atomic E-state index is 10.6. The summed E-state index contributed by atoms with van der Waals surface area (Å²) in [5.74, 6) is 0.0336. The van der Waals surface area contributed by atoms with Crippen LogP contribution in [-0.4, -0.2) is 18.3 Å². The molecular formula is C10H11BO2. The van der Waals surface area contributed by atoms with E-state index >= 15 is 0 Å². The molecule has 0 aromatic heterocycles. The molecule has 0 saturated heterocycles. The van der Waals surface area contributed by atoms with Crippen LogP contribution in [0, 0.1) is 0 Å². The fourth-order valence-corrected chi connectivity index (χ4v) is 0.948. The van der Waals surface area contributed by atoms with Crippen LogP contribution in [0.15, 0.2) is 30.3 Å². The zero-order valence-electron chi connectivity index (χ0n) is 7.53. The van der Waals surface area contributed by atoms with Crippen molar-refractivity contribution < 1.29 is 9.82 Å². The molecule has 0 atom stereocenters. The van der Waals surface area contributed by atoms with E-state index < -0.39 is 0 Å². The Balaban J connectivity index is 2.75. The van der Waals surface area contributed by atoms with Crippen molar-refractivity contribution in [2.75, 3.05) is 0 Å². The molecule has 1 aromatic carbocycles. The van der Waals surface area contributed by atoms with Gasteiger partial charge >= 0.3 is 7.48 Å². The van der Waals surface area contributed by atoms with Crippen LogP contribution in [0.4, 0.5) is 0 Å². The third-order valence-corrected chi connectivity index (χ3v) is 1.67. The van der Waals surface area contributed by atoms with Crippen LogP contribution in [0.5, 0.6) is 0 Å². The molecule has 0 aliphatic carbocycles. The topological polar surface area (TPSA) is 37.3 Å². The third-order valence-electron chi connectivity index (χ3n) is 1.67. The van der Waals surface area contributed by atoms with Gasteiger partial charge in [0.25, 0.3) is 0 Å². The molecular weight excluding hydrogens is 163 g/mol. The van der Waals surface area contributed by atoms with Crippen LogP contribution in [0.2, 0.25) is 0 Å². The molecule has 3 heteroatoms. The first-order chi connectivity index (χ1) is 6.22. The zero-order chi connectivity index (χ0) is 9.68. The van der Waals surface area contributed by atoms with Crippen molar-refractivity contribution >= 4 is 24.8 Å². The molecule has 0 saturated carbocycles. The average molecular weight is 174 g/mol. The predicted octanol–water partition coefficient (Wildman–Crippen LogP) is 0.258. The van der Waals surface area contributed by atoms with Gasteiger partial charge in [0.2, 0.25) is 0 Å². The lowest BCUT2D eigenvalue weighted by molar-refractivity contribution is -0.112. The second-order valence-corrected chi connectivity index (χ2v) is 2.84. The minimum absolute atomic E-state index is 0.0336. The molecule has 0 amide bonds. The Morgan fingerprint density at radius 2 is 2.00 bits per heavy atom. The summed E-state index contributed by atoms with van der Waals surface area (Å²) in [4.78, 5) is 10.6. The minimum Gasteiger partial charge on any atom is -0.449 e. The van der Waals surface area contributed by atoms with Crippen LogP contribution >= 0.6 is 0 Å². The normalized spacial score (nSPS) is 10.3. The number of ketones is 1. The number of hydrogen-bond acceptors (Lipinski definition) is 2. The quantitative estimate of drug-likeness (QED) is 0.527. The average Bonchev–Trinajstić information content (AvgIpc) is 2.15. The maximum Gasteiger partial charge on any atom is 0.304 e. The molecule has 0 heterocycles. The summed E-state index contributed by atoms with van der Waals surface area (Å²) < 4.78 is 0. The van der Waals surface area contributed by atoms with Gasteiger partial charge in [-0.3, -0.25) is 4.79 Å². The first-order valence-corrected chi connectivity index (χ1v) is 4.11. The number of carbonyl (C=O) groups is 1. The van der Waals surface area contributed by atoms with Crippen LogP contribution < -0.4 is 5.46 Å². The highest BCUT2D eigenvalue weighted by atomic mass is 16.2. The number of allylic oxidation sites excluding steroid dienone is 1. The molecule has 66 valence electrons. The summed E-state index contributed by atoms with van der Waals surface area (Å²) in [6.07, 6.45) is 3.28. The van der Waals surface area contributed by atoms with Gasteiger partial charge in [-0.25, -0.2) is 0 Å². The van der Waals surface area contributed by atoms with E-state index in [0.29, 0.717) is 0 Å². The number of carbonyl (C=O) groups excluding carboxylic acids is 1. The maximum absolute atomic E-state index is 10.6. The summed E-state index contributed by atoms with van der Waals surface area (Å²) in [5.41, 5.74) is 1.84. The molecule has 0 unspecified atom stereocenters. The highest BCUT2D eigenvalue weighted by Crippen LogP contribution is 1.99. The first kappa shape index (κ1) is 9.74. The summed E-state index contributed by atoms with van der Waals surface area (Å²) in [7, 11) is 0.0523. The van der Waals surface area contributed by atoms with Crippen molar-refractivity contribution in [2.24, 2.45) is 0 Å². The lowest BCUT2D eigenvalue weighted by atomic mass is 9.88. The Bertz CT molecular complexity index is 314. The highest BCUT2D eigenvalue weighted by molar-refractivity contribution is 6.45. The van der Waals surface area contributed by atoms with E-state index in [1.54, 1.807) is 6.08 Å². The standard InChI is InChI=1S/C10H11BO2/c1-8(12)2-3-9-4-6-10(11-13)7-5-9/h2-7,11,13H,1H3/b3-2+. The van der Waals surface area contributed by atoms with Gasteiger partial charge in [0.1, 0.15) is 0 Å². The van der Waals surface area contributed by atoms with E-state index in [1.807, 2.05) is 24.3 Å². The first-order valence-electron chi connectivity index (χ1n) is 4.11. The van der Waals surface area contributed by atoms with Gasteiger partial charge in [0.15, 0.2) is 5.78 Å². The third kappa shape index (κ3) is 3.26. The number of rotatable bonds is 3. The summed E-state index contributed by atoms with van der Waals surface area (Å²) in [6, 6.07) is 7.40. The zero-order valence-corrected chi connectivity index (χ0v) is 7.53. The fraction of sp³-hybridized carbons (Fsp3) is 0.100. The van der Waals surface area contributed by atoms with Gasteiger partial charge in [0, 0.05) is 0 Å². The second-order valence-electron chi connectivity index (χ2n) is 2.84. The van der Waals surface area contributed by atoms with E-state index in [4.69, 9.17) is 5.02 Å². The predicted molar refractivity (Wildman–Crippen MR) is 55.2 cm³/mol. The van der Waals surface area contributed by atoms with Gasteiger partial charge in [0.05, 0.1) is 0 Å². The Labute approximate surface area is 78.2 Å². The Hall–Kier alpha value is -1.35. The molecule has 0 fully saturated rings. The van der Waals surface area contributed by atoms with Crippen molar-refractivity contribution in [2.45, 2.75) is 6.92 Å². The molecule has 1 N–H and O–H groups in total. The van der Waals surface area contributed by atoms with Gasteiger partial charge in [-0.2, -0.15) is 0 Å². The van der Waals surface area contributed by atoms with Gasteiger partial charge in [-0.05, 0) is 18.6 Å². The van der Waals surface area contributed by atoms with Gasteiger partial charge < -0.3 is 5.02 Å². The largest absolute Gasteiger partial charge is 0.449 e. The molecule has 0 bridgehead atoms. The van der Waals surface area contributed by atoms with E-state index in [1.165, 1.54) is 13.0 Å². The van der Waals surface area contributed by atoms with E-state index in [0.717, 1.165) is 11.0 Å². The van der Waals surface area contributed by atoms with Crippen LogP contribution in [0.3, 0.4) is 0 Å². The smallest absolute Gasteiger partial charge is 0.304 e. The summed E-state index contributed by atoms with van der Waals surface area (Å²) >= 11 is 0. The summed E-state index contributed by atoms with van der Waals surface area (Å²) in [6.45, 7) is 1.51. The van der Waals surface area contributed by atoms with Crippen molar-refractivity contribution in [1.29, 1.82) is 0 Å².